The maximum atomic E-state index is 13.5. The summed E-state index contributed by atoms with van der Waals surface area (Å²) in [5.41, 5.74) is 4.75. The summed E-state index contributed by atoms with van der Waals surface area (Å²) in [6.07, 6.45) is 0. The molecule has 0 aliphatic heterocycles. The Morgan fingerprint density at radius 2 is 2.00 bits per heavy atom. The van der Waals surface area contributed by atoms with E-state index in [1.165, 1.54) is 0 Å². The second-order valence-corrected chi connectivity index (χ2v) is 5.28. The van der Waals surface area contributed by atoms with Crippen molar-refractivity contribution < 1.29 is 9.50 Å². The lowest BCUT2D eigenvalue weighted by molar-refractivity contribution is 0.267. The zero-order valence-corrected chi connectivity index (χ0v) is 12.8. The Hall–Kier alpha value is -1.72. The third-order valence-corrected chi connectivity index (χ3v) is 3.71. The molecular weight excluding hydrogens is 269 g/mol. The Morgan fingerprint density at radius 3 is 2.67 bits per heavy atom. The minimum atomic E-state index is -0.169. The summed E-state index contributed by atoms with van der Waals surface area (Å²) >= 11 is 0. The number of aromatic nitrogens is 2. The molecule has 0 radical (unpaired) electrons. The van der Waals surface area contributed by atoms with Gasteiger partial charge in [0.2, 0.25) is 0 Å². The van der Waals surface area contributed by atoms with Crippen molar-refractivity contribution >= 4 is 0 Å². The number of hydrogen-bond acceptors (Lipinski definition) is 3. The van der Waals surface area contributed by atoms with E-state index in [1.54, 1.807) is 19.1 Å². The molecule has 5 heteroatoms. The molecule has 4 nitrogen and oxygen atoms in total. The summed E-state index contributed by atoms with van der Waals surface area (Å²) in [5.74, 6) is -0.169. The molecule has 1 heterocycles. The van der Waals surface area contributed by atoms with Crippen LogP contribution in [0.4, 0.5) is 4.39 Å². The Kier molecular flexibility index (Phi) is 5.09. The smallest absolute Gasteiger partial charge is 0.126 e. The first-order valence-corrected chi connectivity index (χ1v) is 7.12. The Balaban J connectivity index is 1.98. The number of nitrogens with one attached hydrogen (secondary N) is 1. The SMILES string of the molecule is Cc1ccc(CNCc2c(C)nn(CCO)c2C)cc1F. The molecule has 0 saturated heterocycles. The molecule has 0 atom stereocenters. The monoisotopic (exact) mass is 291 g/mol. The van der Waals surface area contributed by atoms with E-state index < -0.39 is 0 Å². The second kappa shape index (κ2) is 6.83. The molecule has 1 aromatic carbocycles. The van der Waals surface area contributed by atoms with Crippen LogP contribution in [0.1, 0.15) is 28.1 Å². The predicted molar refractivity (Wildman–Crippen MR) is 80.5 cm³/mol. The van der Waals surface area contributed by atoms with E-state index in [0.29, 0.717) is 25.2 Å². The largest absolute Gasteiger partial charge is 0.394 e. The number of hydrogen-bond donors (Lipinski definition) is 2. The van der Waals surface area contributed by atoms with Gasteiger partial charge in [0, 0.05) is 24.3 Å². The fourth-order valence-corrected chi connectivity index (χ4v) is 2.38. The standard InChI is InChI=1S/C16H22FN3O/c1-11-4-5-14(8-16(11)17)9-18-10-15-12(2)19-20(6-7-21)13(15)3/h4-5,8,18,21H,6-7,9-10H2,1-3H3. The van der Waals surface area contributed by atoms with Gasteiger partial charge in [0.1, 0.15) is 5.82 Å². The van der Waals surface area contributed by atoms with Crippen molar-refractivity contribution in [3.63, 3.8) is 0 Å². The number of benzene rings is 1. The minimum absolute atomic E-state index is 0.0808. The lowest BCUT2D eigenvalue weighted by Crippen LogP contribution is -2.14. The van der Waals surface area contributed by atoms with Crippen molar-refractivity contribution in [1.82, 2.24) is 15.1 Å². The number of aliphatic hydroxyl groups is 1. The molecule has 0 amide bonds. The molecule has 1 aromatic heterocycles. The molecule has 0 saturated carbocycles. The van der Waals surface area contributed by atoms with Gasteiger partial charge in [0.05, 0.1) is 18.8 Å². The summed E-state index contributed by atoms with van der Waals surface area (Å²) in [7, 11) is 0. The maximum absolute atomic E-state index is 13.5. The number of aryl methyl sites for hydroxylation is 2. The first-order valence-electron chi connectivity index (χ1n) is 7.12. The summed E-state index contributed by atoms with van der Waals surface area (Å²) in [6.45, 7) is 7.60. The molecule has 0 aliphatic carbocycles. The normalized spacial score (nSPS) is 11.1. The molecule has 0 bridgehead atoms. The Morgan fingerprint density at radius 1 is 1.24 bits per heavy atom. The quantitative estimate of drug-likeness (QED) is 0.858. The van der Waals surface area contributed by atoms with Crippen molar-refractivity contribution in [1.29, 1.82) is 0 Å². The van der Waals surface area contributed by atoms with Gasteiger partial charge in [0.25, 0.3) is 0 Å². The topological polar surface area (TPSA) is 50.1 Å². The summed E-state index contributed by atoms with van der Waals surface area (Å²) in [5, 5.41) is 16.7. The van der Waals surface area contributed by atoms with Gasteiger partial charge in [-0.15, -0.1) is 0 Å². The molecule has 0 unspecified atom stereocenters. The van der Waals surface area contributed by atoms with Gasteiger partial charge in [-0.3, -0.25) is 4.68 Å². The Bertz CT molecular complexity index is 622. The molecule has 114 valence electrons. The average Bonchev–Trinajstić information content (AvgIpc) is 2.71. The first kappa shape index (κ1) is 15.7. The first-order chi connectivity index (χ1) is 10.0. The highest BCUT2D eigenvalue weighted by molar-refractivity contribution is 5.25. The van der Waals surface area contributed by atoms with Crippen molar-refractivity contribution in [3.05, 3.63) is 52.1 Å². The fraction of sp³-hybridized carbons (Fsp3) is 0.438. The molecule has 2 N–H and O–H groups in total. The van der Waals surface area contributed by atoms with E-state index in [2.05, 4.69) is 10.4 Å². The highest BCUT2D eigenvalue weighted by Gasteiger charge is 2.10. The van der Waals surface area contributed by atoms with Crippen molar-refractivity contribution in [3.8, 4) is 0 Å². The molecule has 0 aliphatic rings. The average molecular weight is 291 g/mol. The summed E-state index contributed by atoms with van der Waals surface area (Å²) in [4.78, 5) is 0. The van der Waals surface area contributed by atoms with Crippen LogP contribution in [0.15, 0.2) is 18.2 Å². The molecule has 2 rings (SSSR count). The van der Waals surface area contributed by atoms with E-state index in [-0.39, 0.29) is 12.4 Å². The molecule has 0 spiro atoms. The van der Waals surface area contributed by atoms with Crippen LogP contribution in [-0.2, 0) is 19.6 Å². The van der Waals surface area contributed by atoms with Gasteiger partial charge in [-0.25, -0.2) is 4.39 Å². The minimum Gasteiger partial charge on any atom is -0.394 e. The van der Waals surface area contributed by atoms with Gasteiger partial charge < -0.3 is 10.4 Å². The molecule has 0 fully saturated rings. The summed E-state index contributed by atoms with van der Waals surface area (Å²) in [6, 6.07) is 5.29. The van der Waals surface area contributed by atoms with Gasteiger partial charge in [0.15, 0.2) is 0 Å². The number of aliphatic hydroxyl groups excluding tert-OH is 1. The highest BCUT2D eigenvalue weighted by atomic mass is 19.1. The van der Waals surface area contributed by atoms with E-state index in [1.807, 2.05) is 24.6 Å². The van der Waals surface area contributed by atoms with Crippen LogP contribution in [0.2, 0.25) is 0 Å². The van der Waals surface area contributed by atoms with E-state index in [0.717, 1.165) is 22.5 Å². The second-order valence-electron chi connectivity index (χ2n) is 5.28. The van der Waals surface area contributed by atoms with Crippen molar-refractivity contribution in [2.75, 3.05) is 6.61 Å². The molecule has 21 heavy (non-hydrogen) atoms. The lowest BCUT2D eigenvalue weighted by atomic mass is 10.1. The highest BCUT2D eigenvalue weighted by Crippen LogP contribution is 2.13. The third kappa shape index (κ3) is 3.68. The number of nitrogens with zero attached hydrogens (tertiary/aromatic N) is 2. The summed E-state index contributed by atoms with van der Waals surface area (Å²) < 4.78 is 15.3. The van der Waals surface area contributed by atoms with Gasteiger partial charge >= 0.3 is 0 Å². The van der Waals surface area contributed by atoms with Crippen LogP contribution in [0.3, 0.4) is 0 Å². The van der Waals surface area contributed by atoms with Gasteiger partial charge in [-0.05, 0) is 38.0 Å². The molecule has 2 aromatic rings. The fourth-order valence-electron chi connectivity index (χ4n) is 2.38. The van der Waals surface area contributed by atoms with Crippen LogP contribution in [-0.4, -0.2) is 21.5 Å². The van der Waals surface area contributed by atoms with Crippen LogP contribution in [0, 0.1) is 26.6 Å². The van der Waals surface area contributed by atoms with E-state index in [9.17, 15) is 4.39 Å². The van der Waals surface area contributed by atoms with Gasteiger partial charge in [-0.1, -0.05) is 12.1 Å². The lowest BCUT2D eigenvalue weighted by Gasteiger charge is -2.07. The number of rotatable bonds is 6. The van der Waals surface area contributed by atoms with E-state index in [4.69, 9.17) is 5.11 Å². The van der Waals surface area contributed by atoms with Crippen LogP contribution >= 0.6 is 0 Å². The van der Waals surface area contributed by atoms with Crippen LogP contribution in [0.25, 0.3) is 0 Å². The van der Waals surface area contributed by atoms with Crippen LogP contribution in [0.5, 0.6) is 0 Å². The van der Waals surface area contributed by atoms with E-state index >= 15 is 0 Å². The maximum Gasteiger partial charge on any atom is 0.126 e. The predicted octanol–water partition coefficient (Wildman–Crippen LogP) is 2.23. The van der Waals surface area contributed by atoms with Gasteiger partial charge in [-0.2, -0.15) is 5.10 Å². The zero-order chi connectivity index (χ0) is 15.4. The van der Waals surface area contributed by atoms with Crippen LogP contribution < -0.4 is 5.32 Å². The van der Waals surface area contributed by atoms with Crippen molar-refractivity contribution in [2.24, 2.45) is 0 Å². The third-order valence-electron chi connectivity index (χ3n) is 3.71. The zero-order valence-electron chi connectivity index (χ0n) is 12.8. The molecular formula is C16H22FN3O. The number of halogens is 1. The Labute approximate surface area is 124 Å². The van der Waals surface area contributed by atoms with Crippen molar-refractivity contribution in [2.45, 2.75) is 40.4 Å².